The van der Waals surface area contributed by atoms with E-state index in [9.17, 15) is 10.1 Å². The zero-order valence-electron chi connectivity index (χ0n) is 9.09. The van der Waals surface area contributed by atoms with Crippen molar-refractivity contribution in [2.75, 3.05) is 25.0 Å². The number of nitrogens with one attached hydrogen (secondary N) is 1. The van der Waals surface area contributed by atoms with Crippen LogP contribution in [-0.2, 0) is 0 Å². The van der Waals surface area contributed by atoms with Crippen molar-refractivity contribution in [2.24, 2.45) is 0 Å². The van der Waals surface area contributed by atoms with Gasteiger partial charge in [-0.1, -0.05) is 0 Å². The number of anilines is 1. The summed E-state index contributed by atoms with van der Waals surface area (Å²) in [7, 11) is 1.85. The fourth-order valence-electron chi connectivity index (χ4n) is 1.95. The molecule has 0 unspecified atom stereocenters. The van der Waals surface area contributed by atoms with E-state index in [-0.39, 0.29) is 16.7 Å². The standard InChI is InChI=1S/C10H14N4O2/c1-13(8-4-6-11-7-8)10-9(14(15)16)3-2-5-12-10/h2-3,5,8,11H,4,6-7H2,1H3/t8-/m1/s1. The topological polar surface area (TPSA) is 71.3 Å². The first kappa shape index (κ1) is 10.8. The predicted molar refractivity (Wildman–Crippen MR) is 60.6 cm³/mol. The fraction of sp³-hybridized carbons (Fsp3) is 0.500. The van der Waals surface area contributed by atoms with E-state index < -0.39 is 0 Å². The Morgan fingerprint density at radius 2 is 2.50 bits per heavy atom. The molecule has 1 aromatic heterocycles. The van der Waals surface area contributed by atoms with Crippen LogP contribution in [0, 0.1) is 10.1 Å². The van der Waals surface area contributed by atoms with Gasteiger partial charge in [0.05, 0.1) is 4.92 Å². The smallest absolute Gasteiger partial charge is 0.311 e. The molecule has 86 valence electrons. The zero-order chi connectivity index (χ0) is 11.5. The van der Waals surface area contributed by atoms with Crippen LogP contribution in [0.1, 0.15) is 6.42 Å². The Balaban J connectivity index is 2.27. The lowest BCUT2D eigenvalue weighted by molar-refractivity contribution is -0.384. The number of nitro groups is 1. The van der Waals surface area contributed by atoms with Gasteiger partial charge in [-0.2, -0.15) is 0 Å². The Hall–Kier alpha value is -1.69. The van der Waals surface area contributed by atoms with Gasteiger partial charge in [0.2, 0.25) is 5.82 Å². The fourth-order valence-corrected chi connectivity index (χ4v) is 1.95. The summed E-state index contributed by atoms with van der Waals surface area (Å²) in [5.74, 6) is 0.446. The van der Waals surface area contributed by atoms with Gasteiger partial charge in [0.15, 0.2) is 0 Å². The molecule has 1 aromatic rings. The van der Waals surface area contributed by atoms with E-state index in [1.165, 1.54) is 6.07 Å². The number of likely N-dealkylation sites (N-methyl/N-ethyl adjacent to an activating group) is 1. The molecular weight excluding hydrogens is 208 g/mol. The minimum absolute atomic E-state index is 0.0666. The van der Waals surface area contributed by atoms with Crippen LogP contribution < -0.4 is 10.2 Å². The molecule has 16 heavy (non-hydrogen) atoms. The van der Waals surface area contributed by atoms with Crippen LogP contribution in [0.15, 0.2) is 18.3 Å². The normalized spacial score (nSPS) is 19.7. The number of nitrogens with zero attached hydrogens (tertiary/aromatic N) is 3. The largest absolute Gasteiger partial charge is 0.350 e. The van der Waals surface area contributed by atoms with Crippen LogP contribution >= 0.6 is 0 Å². The van der Waals surface area contributed by atoms with Gasteiger partial charge in [0, 0.05) is 31.9 Å². The Bertz CT molecular complexity index is 390. The number of hydrogen-bond donors (Lipinski definition) is 1. The average molecular weight is 222 g/mol. The number of pyridine rings is 1. The van der Waals surface area contributed by atoms with Crippen molar-refractivity contribution in [1.82, 2.24) is 10.3 Å². The molecule has 0 radical (unpaired) electrons. The number of hydrogen-bond acceptors (Lipinski definition) is 5. The Labute approximate surface area is 93.4 Å². The molecule has 6 heteroatoms. The summed E-state index contributed by atoms with van der Waals surface area (Å²) in [4.78, 5) is 16.5. The van der Waals surface area contributed by atoms with Crippen molar-refractivity contribution in [3.63, 3.8) is 0 Å². The lowest BCUT2D eigenvalue weighted by Gasteiger charge is -2.24. The van der Waals surface area contributed by atoms with Gasteiger partial charge in [-0.05, 0) is 19.0 Å². The lowest BCUT2D eigenvalue weighted by Crippen LogP contribution is -2.34. The van der Waals surface area contributed by atoms with Crippen molar-refractivity contribution in [1.29, 1.82) is 0 Å². The molecule has 2 heterocycles. The molecule has 2 rings (SSSR count). The molecule has 1 fully saturated rings. The molecule has 6 nitrogen and oxygen atoms in total. The van der Waals surface area contributed by atoms with Gasteiger partial charge in [0.1, 0.15) is 0 Å². The second-order valence-electron chi connectivity index (χ2n) is 3.86. The maximum Gasteiger partial charge on any atom is 0.311 e. The summed E-state index contributed by atoms with van der Waals surface area (Å²) in [6.45, 7) is 1.81. The van der Waals surface area contributed by atoms with Gasteiger partial charge in [-0.25, -0.2) is 4.98 Å². The maximum atomic E-state index is 10.9. The second kappa shape index (κ2) is 4.44. The summed E-state index contributed by atoms with van der Waals surface area (Å²) in [6.07, 6.45) is 2.57. The molecule has 0 amide bonds. The van der Waals surface area contributed by atoms with Crippen LogP contribution in [0.25, 0.3) is 0 Å². The van der Waals surface area contributed by atoms with Gasteiger partial charge < -0.3 is 10.2 Å². The van der Waals surface area contributed by atoms with E-state index in [4.69, 9.17) is 0 Å². The van der Waals surface area contributed by atoms with Crippen LogP contribution in [-0.4, -0.2) is 36.1 Å². The van der Waals surface area contributed by atoms with Crippen molar-refractivity contribution in [3.8, 4) is 0 Å². The van der Waals surface area contributed by atoms with E-state index in [1.807, 2.05) is 11.9 Å². The SMILES string of the molecule is CN(c1ncccc1[N+](=O)[O-])[C@@H]1CCNC1. The highest BCUT2D eigenvalue weighted by atomic mass is 16.6. The number of aromatic nitrogens is 1. The van der Waals surface area contributed by atoms with E-state index in [0.717, 1.165) is 19.5 Å². The van der Waals surface area contributed by atoms with E-state index in [2.05, 4.69) is 10.3 Å². The summed E-state index contributed by atoms with van der Waals surface area (Å²) in [6, 6.07) is 3.36. The van der Waals surface area contributed by atoms with Crippen molar-refractivity contribution >= 4 is 11.5 Å². The highest BCUT2D eigenvalue weighted by molar-refractivity contribution is 5.57. The summed E-state index contributed by atoms with van der Waals surface area (Å²) in [5.41, 5.74) is 0.0666. The molecule has 1 aliphatic heterocycles. The predicted octanol–water partition coefficient (Wildman–Crippen LogP) is 0.788. The highest BCUT2D eigenvalue weighted by Gasteiger charge is 2.25. The van der Waals surface area contributed by atoms with E-state index >= 15 is 0 Å². The molecule has 0 bridgehead atoms. The Morgan fingerprint density at radius 3 is 3.12 bits per heavy atom. The quantitative estimate of drug-likeness (QED) is 0.604. The van der Waals surface area contributed by atoms with Gasteiger partial charge in [-0.15, -0.1) is 0 Å². The second-order valence-corrected chi connectivity index (χ2v) is 3.86. The number of rotatable bonds is 3. The third kappa shape index (κ3) is 1.96. The maximum absolute atomic E-state index is 10.9. The van der Waals surface area contributed by atoms with Crippen molar-refractivity contribution in [3.05, 3.63) is 28.4 Å². The minimum Gasteiger partial charge on any atom is -0.350 e. The van der Waals surface area contributed by atoms with Gasteiger partial charge in [-0.3, -0.25) is 10.1 Å². The summed E-state index contributed by atoms with van der Waals surface area (Å²) >= 11 is 0. The molecule has 1 aliphatic rings. The van der Waals surface area contributed by atoms with Crippen LogP contribution in [0.3, 0.4) is 0 Å². The third-order valence-corrected chi connectivity index (χ3v) is 2.88. The Kier molecular flexibility index (Phi) is 3.00. The first-order valence-corrected chi connectivity index (χ1v) is 5.23. The molecule has 1 N–H and O–H groups in total. The molecule has 0 aromatic carbocycles. The summed E-state index contributed by atoms with van der Waals surface area (Å²) < 4.78 is 0. The lowest BCUT2D eigenvalue weighted by atomic mass is 10.2. The zero-order valence-corrected chi connectivity index (χ0v) is 9.09. The van der Waals surface area contributed by atoms with Crippen molar-refractivity contribution < 1.29 is 4.92 Å². The average Bonchev–Trinajstić information content (AvgIpc) is 2.81. The van der Waals surface area contributed by atoms with Crippen LogP contribution in [0.2, 0.25) is 0 Å². The van der Waals surface area contributed by atoms with Crippen LogP contribution in [0.4, 0.5) is 11.5 Å². The Morgan fingerprint density at radius 1 is 1.69 bits per heavy atom. The first-order chi connectivity index (χ1) is 7.70. The molecule has 0 aliphatic carbocycles. The van der Waals surface area contributed by atoms with E-state index in [1.54, 1.807) is 12.3 Å². The molecule has 1 saturated heterocycles. The molecule has 0 saturated carbocycles. The summed E-state index contributed by atoms with van der Waals surface area (Å²) in [5, 5.41) is 14.1. The molecule has 0 spiro atoms. The van der Waals surface area contributed by atoms with Gasteiger partial charge in [0.25, 0.3) is 0 Å². The third-order valence-electron chi connectivity index (χ3n) is 2.88. The minimum atomic E-state index is -0.388. The first-order valence-electron chi connectivity index (χ1n) is 5.23. The van der Waals surface area contributed by atoms with E-state index in [0.29, 0.717) is 5.82 Å². The van der Waals surface area contributed by atoms with Crippen LogP contribution in [0.5, 0.6) is 0 Å². The highest BCUT2D eigenvalue weighted by Crippen LogP contribution is 2.26. The molecular formula is C10H14N4O2. The molecule has 1 atom stereocenters. The van der Waals surface area contributed by atoms with Gasteiger partial charge >= 0.3 is 5.69 Å². The monoisotopic (exact) mass is 222 g/mol. The van der Waals surface area contributed by atoms with Crippen molar-refractivity contribution in [2.45, 2.75) is 12.5 Å².